The number of hydrogen-bond donors (Lipinski definition) is 2. The molecule has 0 aliphatic carbocycles. The Labute approximate surface area is 182 Å². The summed E-state index contributed by atoms with van der Waals surface area (Å²) in [6.07, 6.45) is 8.46. The lowest BCUT2D eigenvalue weighted by atomic mass is 10.2. The van der Waals surface area contributed by atoms with Crippen LogP contribution in [-0.4, -0.2) is 67.0 Å². The lowest BCUT2D eigenvalue weighted by Gasteiger charge is -2.24. The number of nitrogens with one attached hydrogen (secondary N) is 1. The number of allylic oxidation sites excluding steroid dienone is 7. The molecule has 0 amide bonds. The Morgan fingerprint density at radius 1 is 1.20 bits per heavy atom. The molecular formula is C22H32F3N3OS. The van der Waals surface area contributed by atoms with E-state index in [1.54, 1.807) is 12.3 Å². The molecule has 1 heterocycles. The van der Waals surface area contributed by atoms with Crippen molar-refractivity contribution in [1.29, 1.82) is 0 Å². The van der Waals surface area contributed by atoms with Gasteiger partial charge in [0.2, 0.25) is 0 Å². The molecule has 0 unspecified atom stereocenters. The summed E-state index contributed by atoms with van der Waals surface area (Å²) in [6, 6.07) is 0. The van der Waals surface area contributed by atoms with E-state index in [4.69, 9.17) is 5.11 Å². The fourth-order valence-electron chi connectivity index (χ4n) is 2.73. The third-order valence-corrected chi connectivity index (χ3v) is 5.19. The quantitative estimate of drug-likeness (QED) is 0.437. The fourth-order valence-corrected chi connectivity index (χ4v) is 3.45. The number of nitrogens with zero attached hydrogens (tertiary/aromatic N) is 2. The summed E-state index contributed by atoms with van der Waals surface area (Å²) in [4.78, 5) is 4.63. The molecule has 30 heavy (non-hydrogen) atoms. The average molecular weight is 444 g/mol. The van der Waals surface area contributed by atoms with Crippen molar-refractivity contribution in [2.75, 3.05) is 45.9 Å². The Morgan fingerprint density at radius 3 is 2.63 bits per heavy atom. The van der Waals surface area contributed by atoms with Crippen LogP contribution in [0.4, 0.5) is 13.2 Å². The molecular weight excluding hydrogens is 411 g/mol. The molecule has 4 nitrogen and oxygen atoms in total. The lowest BCUT2D eigenvalue weighted by molar-refractivity contribution is -0.0799. The van der Waals surface area contributed by atoms with Gasteiger partial charge in [-0.25, -0.2) is 0 Å². The molecule has 1 rings (SSSR count). The predicted molar refractivity (Wildman–Crippen MR) is 121 cm³/mol. The van der Waals surface area contributed by atoms with E-state index in [0.29, 0.717) is 23.7 Å². The van der Waals surface area contributed by atoms with Gasteiger partial charge in [-0.3, -0.25) is 0 Å². The van der Waals surface area contributed by atoms with Crippen LogP contribution in [0.1, 0.15) is 13.3 Å². The van der Waals surface area contributed by atoms with Gasteiger partial charge in [0.25, 0.3) is 0 Å². The van der Waals surface area contributed by atoms with Crippen LogP contribution in [0.3, 0.4) is 0 Å². The molecule has 0 saturated carbocycles. The average Bonchev–Trinajstić information content (AvgIpc) is 2.71. The van der Waals surface area contributed by atoms with Crippen LogP contribution in [-0.2, 0) is 0 Å². The zero-order valence-electron chi connectivity index (χ0n) is 17.4. The minimum absolute atomic E-state index is 0.142. The first-order valence-electron chi connectivity index (χ1n) is 10.0. The first-order valence-corrected chi connectivity index (χ1v) is 10.9. The second-order valence-electron chi connectivity index (χ2n) is 6.46. The predicted octanol–water partition coefficient (Wildman–Crippen LogP) is 4.43. The second kappa shape index (κ2) is 15.1. The molecule has 1 aliphatic rings. The van der Waals surface area contributed by atoms with Crippen molar-refractivity contribution >= 4 is 11.8 Å². The first-order chi connectivity index (χ1) is 14.4. The number of aliphatic hydroxyl groups excluding tert-OH is 1. The van der Waals surface area contributed by atoms with E-state index in [2.05, 4.69) is 23.7 Å². The topological polar surface area (TPSA) is 38.7 Å². The summed E-state index contributed by atoms with van der Waals surface area (Å²) < 4.78 is 38.4. The van der Waals surface area contributed by atoms with Crippen LogP contribution in [0, 0.1) is 0 Å². The summed E-state index contributed by atoms with van der Waals surface area (Å²) >= 11 is 1.33. The molecule has 8 heteroatoms. The van der Waals surface area contributed by atoms with Crippen molar-refractivity contribution in [2.24, 2.45) is 0 Å². The van der Waals surface area contributed by atoms with E-state index in [9.17, 15) is 13.2 Å². The van der Waals surface area contributed by atoms with Gasteiger partial charge < -0.3 is 20.2 Å². The molecule has 2 N–H and O–H groups in total. The fraction of sp³-hybridized carbons (Fsp3) is 0.455. The smallest absolute Gasteiger partial charge is 0.395 e. The Bertz CT molecular complexity index is 655. The zero-order chi connectivity index (χ0) is 22.2. The second-order valence-corrected chi connectivity index (χ2v) is 7.40. The van der Waals surface area contributed by atoms with E-state index in [0.717, 1.165) is 38.7 Å². The van der Waals surface area contributed by atoms with Gasteiger partial charge in [0.1, 0.15) is 0 Å². The molecule has 0 fully saturated rings. The van der Waals surface area contributed by atoms with Crippen molar-refractivity contribution in [3.05, 3.63) is 71.3 Å². The van der Waals surface area contributed by atoms with E-state index < -0.39 is 6.18 Å². The van der Waals surface area contributed by atoms with E-state index >= 15 is 0 Å². The van der Waals surface area contributed by atoms with Crippen molar-refractivity contribution in [1.82, 2.24) is 15.1 Å². The molecule has 0 atom stereocenters. The Hall–Kier alpha value is -1.74. The van der Waals surface area contributed by atoms with Gasteiger partial charge in [0.15, 0.2) is 0 Å². The molecule has 0 bridgehead atoms. The number of thioether (sulfide) groups is 1. The molecule has 0 spiro atoms. The van der Waals surface area contributed by atoms with Gasteiger partial charge in [-0.2, -0.15) is 13.2 Å². The minimum Gasteiger partial charge on any atom is -0.395 e. The summed E-state index contributed by atoms with van der Waals surface area (Å²) in [5.41, 5.74) is 0.462. The number of halogens is 3. The van der Waals surface area contributed by atoms with Gasteiger partial charge in [0, 0.05) is 43.4 Å². The van der Waals surface area contributed by atoms with Crippen LogP contribution >= 0.6 is 11.8 Å². The molecule has 0 saturated heterocycles. The molecule has 0 aromatic rings. The van der Waals surface area contributed by atoms with Crippen molar-refractivity contribution in [2.45, 2.75) is 19.5 Å². The number of likely N-dealkylation sites (N-methyl/N-ethyl adjacent to an activating group) is 1. The summed E-state index contributed by atoms with van der Waals surface area (Å²) in [5, 5.41) is 14.2. The SMILES string of the molecule is C=CC1=C(C=CC(F)(F)F)N(CCCNCCN(CC)CCO)C=CC=CC=CS1. The minimum atomic E-state index is -4.38. The summed E-state index contributed by atoms with van der Waals surface area (Å²) in [7, 11) is 0. The van der Waals surface area contributed by atoms with Crippen LogP contribution in [0.2, 0.25) is 0 Å². The van der Waals surface area contributed by atoms with Crippen LogP contribution < -0.4 is 5.32 Å². The van der Waals surface area contributed by atoms with Gasteiger partial charge in [0.05, 0.1) is 12.3 Å². The van der Waals surface area contributed by atoms with E-state index in [1.165, 1.54) is 11.8 Å². The molecule has 0 aromatic heterocycles. The highest BCUT2D eigenvalue weighted by Gasteiger charge is 2.23. The summed E-state index contributed by atoms with van der Waals surface area (Å²) in [5.74, 6) is 0. The third-order valence-electron chi connectivity index (χ3n) is 4.27. The zero-order valence-corrected chi connectivity index (χ0v) is 18.3. The van der Waals surface area contributed by atoms with Crippen molar-refractivity contribution in [3.8, 4) is 0 Å². The molecule has 1 aliphatic heterocycles. The maximum Gasteiger partial charge on any atom is 0.409 e. The highest BCUT2D eigenvalue weighted by atomic mass is 32.2. The third kappa shape index (κ3) is 11.4. The monoisotopic (exact) mass is 443 g/mol. The first kappa shape index (κ1) is 26.3. The molecule has 0 radical (unpaired) electrons. The highest BCUT2D eigenvalue weighted by molar-refractivity contribution is 8.06. The van der Waals surface area contributed by atoms with E-state index in [1.807, 2.05) is 34.6 Å². The molecule has 0 aromatic carbocycles. The maximum absolute atomic E-state index is 12.8. The highest BCUT2D eigenvalue weighted by Crippen LogP contribution is 2.28. The Morgan fingerprint density at radius 2 is 1.97 bits per heavy atom. The normalized spacial score (nSPS) is 15.6. The Balaban J connectivity index is 2.78. The van der Waals surface area contributed by atoms with E-state index in [-0.39, 0.29) is 12.7 Å². The van der Waals surface area contributed by atoms with Gasteiger partial charge in [-0.1, -0.05) is 49.6 Å². The maximum atomic E-state index is 12.8. The largest absolute Gasteiger partial charge is 0.409 e. The number of hydrogen-bond acceptors (Lipinski definition) is 5. The summed E-state index contributed by atoms with van der Waals surface area (Å²) in [6.45, 7) is 10.4. The van der Waals surface area contributed by atoms with Crippen LogP contribution in [0.25, 0.3) is 0 Å². The van der Waals surface area contributed by atoms with Crippen LogP contribution in [0.5, 0.6) is 0 Å². The molecule has 168 valence electrons. The number of alkyl halides is 3. The number of rotatable bonds is 12. The number of aliphatic hydroxyl groups is 1. The van der Waals surface area contributed by atoms with Crippen LogP contribution in [0.15, 0.2) is 71.3 Å². The Kier molecular flexibility index (Phi) is 13.3. The van der Waals surface area contributed by atoms with Gasteiger partial charge >= 0.3 is 6.18 Å². The van der Waals surface area contributed by atoms with Gasteiger partial charge in [-0.05, 0) is 37.1 Å². The van der Waals surface area contributed by atoms with Crippen molar-refractivity contribution < 1.29 is 18.3 Å². The van der Waals surface area contributed by atoms with Crippen molar-refractivity contribution in [3.63, 3.8) is 0 Å². The standard InChI is InChI=1S/C22H32F3N3OS/c1-3-21-20(10-11-22(23,24)25)28(14-7-5-6-8-19-30-21)15-9-12-26-13-16-27(4-2)17-18-29/h3,5-8,10-11,14,19,26,29H,1,4,9,12-13,15-18H2,2H3. The van der Waals surface area contributed by atoms with Gasteiger partial charge in [-0.15, -0.1) is 0 Å². The lowest BCUT2D eigenvalue weighted by Crippen LogP contribution is -2.34.